The summed E-state index contributed by atoms with van der Waals surface area (Å²) in [5, 5.41) is 0. The second kappa shape index (κ2) is 14.1. The molecule has 0 rings (SSSR count). The van der Waals surface area contributed by atoms with Gasteiger partial charge in [0.2, 0.25) is 0 Å². The molecule has 0 aliphatic rings. The monoisotopic (exact) mass is 306 g/mol. The van der Waals surface area contributed by atoms with E-state index in [1.807, 2.05) is 13.8 Å². The SMILES string of the molecule is CCCCCCCCCCCCP(=O)(OCC)OCC. The molecule has 0 N–H and O–H groups in total. The van der Waals surface area contributed by atoms with Crippen molar-refractivity contribution in [1.82, 2.24) is 0 Å². The van der Waals surface area contributed by atoms with Crippen LogP contribution in [-0.4, -0.2) is 19.4 Å². The minimum absolute atomic E-state index is 0.467. The summed E-state index contributed by atoms with van der Waals surface area (Å²) in [6.07, 6.45) is 13.4. The van der Waals surface area contributed by atoms with Gasteiger partial charge in [-0.3, -0.25) is 4.57 Å². The van der Waals surface area contributed by atoms with Crippen LogP contribution in [-0.2, 0) is 13.6 Å². The predicted octanol–water partition coefficient (Wildman–Crippen LogP) is 6.17. The average molecular weight is 306 g/mol. The molecule has 0 amide bonds. The number of unbranched alkanes of at least 4 members (excludes halogenated alkanes) is 9. The summed E-state index contributed by atoms with van der Waals surface area (Å²) in [7, 11) is -2.79. The second-order valence-corrected chi connectivity index (χ2v) is 7.54. The number of hydrogen-bond donors (Lipinski definition) is 0. The molecular formula is C16H35O3P. The third-order valence-electron chi connectivity index (χ3n) is 3.44. The quantitative estimate of drug-likeness (QED) is 0.268. The highest BCUT2D eigenvalue weighted by Crippen LogP contribution is 2.48. The summed E-state index contributed by atoms with van der Waals surface area (Å²) in [5.41, 5.74) is 0. The van der Waals surface area contributed by atoms with E-state index in [0.717, 1.165) is 12.8 Å². The van der Waals surface area contributed by atoms with Crippen molar-refractivity contribution in [2.75, 3.05) is 19.4 Å². The maximum Gasteiger partial charge on any atom is 0.330 e. The molecule has 0 unspecified atom stereocenters. The fourth-order valence-corrected chi connectivity index (χ4v) is 4.08. The first-order chi connectivity index (χ1) is 9.68. The van der Waals surface area contributed by atoms with Gasteiger partial charge < -0.3 is 9.05 Å². The van der Waals surface area contributed by atoms with Crippen LogP contribution in [0.3, 0.4) is 0 Å². The van der Waals surface area contributed by atoms with E-state index in [4.69, 9.17) is 9.05 Å². The zero-order chi connectivity index (χ0) is 15.1. The molecule has 3 nitrogen and oxygen atoms in total. The van der Waals surface area contributed by atoms with Crippen molar-refractivity contribution in [3.8, 4) is 0 Å². The molecule has 0 heterocycles. The Bertz CT molecular complexity index is 234. The van der Waals surface area contributed by atoms with Crippen LogP contribution in [0.1, 0.15) is 85.0 Å². The fourth-order valence-electron chi connectivity index (χ4n) is 2.35. The number of rotatable bonds is 15. The smallest absolute Gasteiger partial charge is 0.309 e. The Kier molecular flexibility index (Phi) is 14.2. The van der Waals surface area contributed by atoms with Gasteiger partial charge >= 0.3 is 7.60 Å². The summed E-state index contributed by atoms with van der Waals surface area (Å²) in [6, 6.07) is 0. The van der Waals surface area contributed by atoms with E-state index in [1.165, 1.54) is 51.4 Å². The van der Waals surface area contributed by atoms with Crippen molar-refractivity contribution in [2.24, 2.45) is 0 Å². The van der Waals surface area contributed by atoms with Gasteiger partial charge in [-0.05, 0) is 20.3 Å². The molecule has 20 heavy (non-hydrogen) atoms. The van der Waals surface area contributed by atoms with Gasteiger partial charge in [0.15, 0.2) is 0 Å². The minimum Gasteiger partial charge on any atom is -0.309 e. The van der Waals surface area contributed by atoms with Crippen molar-refractivity contribution in [1.29, 1.82) is 0 Å². The molecule has 0 aliphatic heterocycles. The number of hydrogen-bond acceptors (Lipinski definition) is 3. The van der Waals surface area contributed by atoms with Gasteiger partial charge in [-0.25, -0.2) is 0 Å². The Morgan fingerprint density at radius 3 is 1.45 bits per heavy atom. The van der Waals surface area contributed by atoms with E-state index < -0.39 is 7.60 Å². The van der Waals surface area contributed by atoms with Gasteiger partial charge in [0, 0.05) is 0 Å². The molecule has 0 spiro atoms. The van der Waals surface area contributed by atoms with E-state index in [-0.39, 0.29) is 0 Å². The summed E-state index contributed by atoms with van der Waals surface area (Å²) < 4.78 is 22.8. The van der Waals surface area contributed by atoms with E-state index in [9.17, 15) is 4.57 Å². The normalized spacial score (nSPS) is 11.9. The first-order valence-electron chi connectivity index (χ1n) is 8.56. The van der Waals surface area contributed by atoms with Crippen LogP contribution < -0.4 is 0 Å². The minimum atomic E-state index is -2.79. The largest absolute Gasteiger partial charge is 0.330 e. The molecule has 0 aliphatic carbocycles. The Morgan fingerprint density at radius 1 is 0.650 bits per heavy atom. The maximum absolute atomic E-state index is 12.2. The predicted molar refractivity (Wildman–Crippen MR) is 87.6 cm³/mol. The lowest BCUT2D eigenvalue weighted by Gasteiger charge is -2.16. The van der Waals surface area contributed by atoms with E-state index >= 15 is 0 Å². The molecular weight excluding hydrogens is 271 g/mol. The maximum atomic E-state index is 12.2. The van der Waals surface area contributed by atoms with Crippen LogP contribution in [0.15, 0.2) is 0 Å². The third kappa shape index (κ3) is 11.9. The van der Waals surface area contributed by atoms with Crippen molar-refractivity contribution < 1.29 is 13.6 Å². The van der Waals surface area contributed by atoms with Gasteiger partial charge in [-0.2, -0.15) is 0 Å². The first-order valence-corrected chi connectivity index (χ1v) is 10.3. The highest BCUT2D eigenvalue weighted by atomic mass is 31.2. The van der Waals surface area contributed by atoms with Crippen LogP contribution in [0.5, 0.6) is 0 Å². The van der Waals surface area contributed by atoms with Crippen LogP contribution >= 0.6 is 7.60 Å². The molecule has 0 fully saturated rings. The Labute approximate surface area is 126 Å². The summed E-state index contributed by atoms with van der Waals surface area (Å²) in [4.78, 5) is 0. The third-order valence-corrected chi connectivity index (χ3v) is 5.60. The molecule has 0 radical (unpaired) electrons. The molecule has 0 saturated heterocycles. The molecule has 0 aromatic rings. The lowest BCUT2D eigenvalue weighted by atomic mass is 10.1. The fraction of sp³-hybridized carbons (Fsp3) is 1.00. The van der Waals surface area contributed by atoms with Crippen LogP contribution in [0.25, 0.3) is 0 Å². The topological polar surface area (TPSA) is 35.5 Å². The standard InChI is InChI=1S/C16H35O3P/c1-4-7-8-9-10-11-12-13-14-15-16-20(17,18-5-2)19-6-3/h4-16H2,1-3H3. The van der Waals surface area contributed by atoms with Gasteiger partial charge in [0.1, 0.15) is 0 Å². The molecule has 0 saturated carbocycles. The zero-order valence-corrected chi connectivity index (χ0v) is 14.8. The summed E-state index contributed by atoms with van der Waals surface area (Å²) in [6.45, 7) is 6.92. The first kappa shape index (κ1) is 20.1. The van der Waals surface area contributed by atoms with Crippen molar-refractivity contribution in [3.05, 3.63) is 0 Å². The molecule has 0 aromatic carbocycles. The molecule has 122 valence electrons. The summed E-state index contributed by atoms with van der Waals surface area (Å²) >= 11 is 0. The Balaban J connectivity index is 3.43. The van der Waals surface area contributed by atoms with Crippen molar-refractivity contribution in [2.45, 2.75) is 85.0 Å². The van der Waals surface area contributed by atoms with E-state index in [0.29, 0.717) is 19.4 Å². The Hall–Kier alpha value is 0.150. The van der Waals surface area contributed by atoms with Gasteiger partial charge in [0.05, 0.1) is 19.4 Å². The van der Waals surface area contributed by atoms with Crippen molar-refractivity contribution >= 4 is 7.60 Å². The second-order valence-electron chi connectivity index (χ2n) is 5.35. The lowest BCUT2D eigenvalue weighted by Crippen LogP contribution is -2.00. The van der Waals surface area contributed by atoms with Crippen LogP contribution in [0.4, 0.5) is 0 Å². The van der Waals surface area contributed by atoms with Gasteiger partial charge in [-0.15, -0.1) is 0 Å². The molecule has 4 heteroatoms. The molecule has 0 bridgehead atoms. The van der Waals surface area contributed by atoms with Gasteiger partial charge in [0.25, 0.3) is 0 Å². The average Bonchev–Trinajstić information content (AvgIpc) is 2.41. The van der Waals surface area contributed by atoms with Crippen molar-refractivity contribution in [3.63, 3.8) is 0 Å². The van der Waals surface area contributed by atoms with Gasteiger partial charge in [-0.1, -0.05) is 64.7 Å². The lowest BCUT2D eigenvalue weighted by molar-refractivity contribution is 0.219. The molecule has 0 atom stereocenters. The highest BCUT2D eigenvalue weighted by Gasteiger charge is 2.22. The molecule has 0 aromatic heterocycles. The van der Waals surface area contributed by atoms with E-state index in [1.54, 1.807) is 0 Å². The van der Waals surface area contributed by atoms with Crippen LogP contribution in [0.2, 0.25) is 0 Å². The van der Waals surface area contributed by atoms with E-state index in [2.05, 4.69) is 6.92 Å². The zero-order valence-electron chi connectivity index (χ0n) is 13.9. The Morgan fingerprint density at radius 2 is 1.05 bits per heavy atom. The summed E-state index contributed by atoms with van der Waals surface area (Å²) in [5.74, 6) is 0. The van der Waals surface area contributed by atoms with Crippen LogP contribution in [0, 0.1) is 0 Å². The highest BCUT2D eigenvalue weighted by molar-refractivity contribution is 7.53.